The van der Waals surface area contributed by atoms with E-state index in [1.165, 1.54) is 6.07 Å². The zero-order valence-electron chi connectivity index (χ0n) is 34.1. The van der Waals surface area contributed by atoms with Crippen molar-refractivity contribution in [2.75, 3.05) is 33.9 Å². The number of allylic oxidation sites excluding steroid dienone is 2. The molecule has 8 nitrogen and oxygen atoms in total. The predicted octanol–water partition coefficient (Wildman–Crippen LogP) is 8.33. The lowest BCUT2D eigenvalue weighted by atomic mass is 9.64. The van der Waals surface area contributed by atoms with Crippen LogP contribution in [-0.2, 0) is 24.3 Å². The van der Waals surface area contributed by atoms with Crippen LogP contribution in [0.15, 0.2) is 96.6 Å². The Morgan fingerprint density at radius 3 is 2.48 bits per heavy atom. The van der Waals surface area contributed by atoms with Crippen LogP contribution in [0.25, 0.3) is 0 Å². The minimum atomic E-state index is -1.29. The second kappa shape index (κ2) is 19.1. The van der Waals surface area contributed by atoms with Crippen LogP contribution in [0.1, 0.15) is 96.5 Å². The van der Waals surface area contributed by atoms with Crippen LogP contribution in [0.3, 0.4) is 0 Å². The number of fused-ring (bicyclic) bond motifs is 8. The summed E-state index contributed by atoms with van der Waals surface area (Å²) in [4.78, 5) is 16.4. The highest BCUT2D eigenvalue weighted by atomic mass is 19.2. The van der Waals surface area contributed by atoms with Crippen LogP contribution >= 0.6 is 0 Å². The smallest absolute Gasteiger partial charge is 0.193 e. The van der Waals surface area contributed by atoms with Gasteiger partial charge in [0.25, 0.3) is 0 Å². The summed E-state index contributed by atoms with van der Waals surface area (Å²) in [7, 11) is 3.19. The molecule has 0 aromatic heterocycles. The van der Waals surface area contributed by atoms with Gasteiger partial charge in [-0.15, -0.1) is 0 Å². The van der Waals surface area contributed by atoms with Crippen LogP contribution in [-0.4, -0.2) is 77.7 Å². The van der Waals surface area contributed by atoms with Gasteiger partial charge in [0, 0.05) is 47.8 Å². The van der Waals surface area contributed by atoms with Crippen molar-refractivity contribution in [3.8, 4) is 11.5 Å². The van der Waals surface area contributed by atoms with Gasteiger partial charge in [-0.05, 0) is 105 Å². The van der Waals surface area contributed by atoms with E-state index in [9.17, 15) is 28.9 Å². The Morgan fingerprint density at radius 1 is 0.948 bits per heavy atom. The largest absolute Gasteiger partial charge is 0.497 e. The number of aliphatic hydroxyl groups excluding tert-OH is 2. The van der Waals surface area contributed by atoms with E-state index in [0.717, 1.165) is 40.0 Å². The fourth-order valence-electron chi connectivity index (χ4n) is 9.01. The highest BCUT2D eigenvalue weighted by Gasteiger charge is 2.57. The average Bonchev–Trinajstić information content (AvgIpc) is 3.46. The second-order valence-electron chi connectivity index (χ2n) is 16.4. The molecule has 5 atom stereocenters. The molecule has 3 aliphatic carbocycles. The Hall–Kier alpha value is -4.45. The maximum atomic E-state index is 14.5. The number of hydrogen-bond acceptors (Lipinski definition) is 8. The molecule has 1 fully saturated rings. The first-order chi connectivity index (χ1) is 27.8. The molecule has 0 saturated heterocycles. The van der Waals surface area contributed by atoms with E-state index in [2.05, 4.69) is 24.8 Å². The van der Waals surface area contributed by atoms with Gasteiger partial charge in [0.1, 0.15) is 11.5 Å². The Balaban J connectivity index is 1.37. The van der Waals surface area contributed by atoms with Gasteiger partial charge < -0.3 is 29.5 Å². The molecule has 310 valence electrons. The molecule has 3 aliphatic rings. The van der Waals surface area contributed by atoms with E-state index >= 15 is 0 Å². The number of ketones is 1. The quantitative estimate of drug-likeness (QED) is 0.0864. The molecule has 0 heterocycles. The van der Waals surface area contributed by atoms with Crippen molar-refractivity contribution in [1.29, 1.82) is 0 Å². The Kier molecular flexibility index (Phi) is 14.2. The molecule has 0 amide bonds. The molecular formula is C48H57F2NO7. The lowest BCUT2D eigenvalue weighted by Crippen LogP contribution is -2.53. The number of carbonyl (C=O) groups is 1. The van der Waals surface area contributed by atoms with Gasteiger partial charge in [-0.1, -0.05) is 67.1 Å². The van der Waals surface area contributed by atoms with E-state index in [-0.39, 0.29) is 31.2 Å². The summed E-state index contributed by atoms with van der Waals surface area (Å²) >= 11 is 0. The number of carbonyl (C=O) groups excluding carboxylic acids is 1. The molecule has 0 aliphatic heterocycles. The van der Waals surface area contributed by atoms with Crippen LogP contribution in [0, 0.1) is 17.0 Å². The number of ether oxygens (including phenoxy) is 3. The average molecular weight is 798 g/mol. The van der Waals surface area contributed by atoms with Crippen molar-refractivity contribution in [2.45, 2.75) is 95.7 Å². The Labute approximate surface area is 341 Å². The van der Waals surface area contributed by atoms with E-state index < -0.39 is 40.6 Å². The van der Waals surface area contributed by atoms with Crippen molar-refractivity contribution >= 4 is 5.78 Å². The molecule has 3 N–H and O–H groups in total. The highest BCUT2D eigenvalue weighted by molar-refractivity contribution is 6.10. The fraction of sp³-hybridized carbons (Fsp3) is 0.438. The summed E-state index contributed by atoms with van der Waals surface area (Å²) in [5.41, 5.74) is 2.80. The van der Waals surface area contributed by atoms with Crippen LogP contribution in [0.5, 0.6) is 11.5 Å². The van der Waals surface area contributed by atoms with Gasteiger partial charge in [-0.2, -0.15) is 0 Å². The number of hydrogen-bond donors (Lipinski definition) is 3. The van der Waals surface area contributed by atoms with Crippen molar-refractivity contribution in [3.63, 3.8) is 0 Å². The number of rotatable bonds is 14. The summed E-state index contributed by atoms with van der Waals surface area (Å²) in [5, 5.41) is 35.6. The molecular weight excluding hydrogens is 741 g/mol. The maximum Gasteiger partial charge on any atom is 0.193 e. The minimum Gasteiger partial charge on any atom is -0.497 e. The molecule has 0 radical (unpaired) electrons. The predicted molar refractivity (Wildman–Crippen MR) is 220 cm³/mol. The number of aliphatic hydroxyl groups is 3. The van der Waals surface area contributed by atoms with Crippen molar-refractivity contribution in [1.82, 2.24) is 4.90 Å². The third-order valence-electron chi connectivity index (χ3n) is 12.4. The van der Waals surface area contributed by atoms with Crippen LogP contribution in [0.4, 0.5) is 8.78 Å². The van der Waals surface area contributed by atoms with E-state index in [1.54, 1.807) is 20.3 Å². The molecule has 4 aromatic carbocycles. The monoisotopic (exact) mass is 797 g/mol. The summed E-state index contributed by atoms with van der Waals surface area (Å²) < 4.78 is 45.7. The first-order valence-corrected chi connectivity index (χ1v) is 20.2. The zero-order chi connectivity index (χ0) is 41.5. The lowest BCUT2D eigenvalue weighted by Gasteiger charge is -2.46. The van der Waals surface area contributed by atoms with Gasteiger partial charge in [0.2, 0.25) is 0 Å². The molecule has 4 aromatic rings. The highest BCUT2D eigenvalue weighted by Crippen LogP contribution is 2.59. The number of nitrogens with zero attached hydrogens (tertiary/aromatic N) is 1. The number of halogens is 2. The fourth-order valence-corrected chi connectivity index (χ4v) is 9.01. The van der Waals surface area contributed by atoms with E-state index in [4.69, 9.17) is 14.2 Å². The summed E-state index contributed by atoms with van der Waals surface area (Å²) in [6, 6.07) is 24.2. The summed E-state index contributed by atoms with van der Waals surface area (Å²) in [6.45, 7) is 5.34. The third-order valence-corrected chi connectivity index (χ3v) is 12.4. The molecule has 2 bridgehead atoms. The maximum absolute atomic E-state index is 14.5. The SMILES string of the molecule is COc1ccc(CN(CC(O)COCc2ccccc2)CC2(O)CCC3c4ccc(cc4C(=O)c4ccc(F)c(F)c4)CC(O)CCC(C)=CCCC32C)c(OC)c1. The first kappa shape index (κ1) is 43.1. The van der Waals surface area contributed by atoms with Gasteiger partial charge >= 0.3 is 0 Å². The zero-order valence-corrected chi connectivity index (χ0v) is 34.1. The number of methoxy groups -OCH3 is 2. The molecule has 7 rings (SSSR count). The van der Waals surface area contributed by atoms with Crippen LogP contribution < -0.4 is 9.47 Å². The standard InChI is InChI=1S/C48H57F2NO7/c1-32-9-8-21-47(2)42(40-18-13-34(23-37(52)16-12-32)24-41(40)46(54)35-15-19-43(49)44(50)25-35)20-22-48(47,55)31-51(27-36-14-17-39(56-3)26-45(36)57-4)28-38(53)30-58-29-33-10-6-5-7-11-33/h5-7,9-11,13-15,17-19,24-26,37-38,42,52-53,55H,8,12,16,20-23,27-31H2,1-4H3. The van der Waals surface area contributed by atoms with Crippen molar-refractivity contribution in [2.24, 2.45) is 5.41 Å². The van der Waals surface area contributed by atoms with Gasteiger partial charge in [0.05, 0.1) is 45.2 Å². The van der Waals surface area contributed by atoms with E-state index in [1.807, 2.05) is 60.7 Å². The molecule has 10 heteroatoms. The second-order valence-corrected chi connectivity index (χ2v) is 16.4. The minimum absolute atomic E-state index is 0.0237. The van der Waals surface area contributed by atoms with E-state index in [0.29, 0.717) is 75.2 Å². The van der Waals surface area contributed by atoms with Crippen LogP contribution in [0.2, 0.25) is 0 Å². The van der Waals surface area contributed by atoms with Gasteiger partial charge in [-0.25, -0.2) is 8.78 Å². The Bertz CT molecular complexity index is 2060. The van der Waals surface area contributed by atoms with Gasteiger partial charge in [0.15, 0.2) is 17.4 Å². The lowest BCUT2D eigenvalue weighted by molar-refractivity contribution is -0.0924. The normalized spacial score (nSPS) is 22.9. The molecule has 0 spiro atoms. The van der Waals surface area contributed by atoms with Crippen molar-refractivity contribution in [3.05, 3.63) is 142 Å². The molecule has 5 unspecified atom stereocenters. The summed E-state index contributed by atoms with van der Waals surface area (Å²) in [5.74, 6) is -1.63. The van der Waals surface area contributed by atoms with Crippen molar-refractivity contribution < 1.29 is 43.1 Å². The van der Waals surface area contributed by atoms with Gasteiger partial charge in [-0.3, -0.25) is 9.69 Å². The first-order valence-electron chi connectivity index (χ1n) is 20.2. The molecule has 1 saturated carbocycles. The molecule has 58 heavy (non-hydrogen) atoms. The third kappa shape index (κ3) is 10.0. The Morgan fingerprint density at radius 2 is 1.74 bits per heavy atom. The summed E-state index contributed by atoms with van der Waals surface area (Å²) in [6.07, 6.45) is 4.46. The topological polar surface area (TPSA) is 109 Å². The number of benzene rings is 4.